The van der Waals surface area contributed by atoms with Crippen LogP contribution in [0.15, 0.2) is 53.5 Å². The third-order valence-electron chi connectivity index (χ3n) is 2.63. The first-order valence-corrected chi connectivity index (χ1v) is 5.64. The quantitative estimate of drug-likeness (QED) is 0.476. The Morgan fingerprint density at radius 1 is 1.11 bits per heavy atom. The van der Waals surface area contributed by atoms with Gasteiger partial charge in [-0.05, 0) is 23.8 Å². The number of ether oxygens (including phenoxy) is 1. The van der Waals surface area contributed by atoms with E-state index in [0.29, 0.717) is 17.9 Å². The van der Waals surface area contributed by atoms with E-state index in [-0.39, 0.29) is 0 Å². The van der Waals surface area contributed by atoms with E-state index in [1.165, 1.54) is 6.08 Å². The van der Waals surface area contributed by atoms with Crippen LogP contribution in [0.2, 0.25) is 0 Å². The first-order valence-electron chi connectivity index (χ1n) is 5.64. The molecule has 92 valence electrons. The van der Waals surface area contributed by atoms with E-state index in [2.05, 4.69) is 4.99 Å². The van der Waals surface area contributed by atoms with Crippen LogP contribution in [0.1, 0.15) is 11.1 Å². The Bertz CT molecular complexity index is 651. The lowest BCUT2D eigenvalue weighted by Crippen LogP contribution is -1.92. The van der Waals surface area contributed by atoms with Crippen LogP contribution in [-0.4, -0.2) is 6.08 Å². The summed E-state index contributed by atoms with van der Waals surface area (Å²) in [5.74, 6) is 0.556. The Hall–Kier alpha value is -2.89. The average molecular weight is 250 g/mol. The summed E-state index contributed by atoms with van der Waals surface area (Å²) in [6, 6.07) is 14.6. The fourth-order valence-corrected chi connectivity index (χ4v) is 1.76. The lowest BCUT2D eigenvalue weighted by molar-refractivity contribution is 0.501. The van der Waals surface area contributed by atoms with Crippen LogP contribution in [0.4, 0.5) is 5.69 Å². The molecule has 0 spiro atoms. The summed E-state index contributed by atoms with van der Waals surface area (Å²) in [5.41, 5.74) is 2.54. The van der Waals surface area contributed by atoms with Gasteiger partial charge in [0.05, 0.1) is 5.69 Å². The first kappa shape index (κ1) is 12.6. The molecule has 0 N–H and O–H groups in total. The minimum atomic E-state index is 0.556. The summed E-state index contributed by atoms with van der Waals surface area (Å²) in [5, 5.41) is 8.58. The van der Waals surface area contributed by atoms with Crippen LogP contribution in [0.5, 0.6) is 5.75 Å². The van der Waals surface area contributed by atoms with Crippen LogP contribution in [0.25, 0.3) is 0 Å². The SMILES string of the molecule is N#COc1ccccc1Cc1ccc(N=C=O)cc1. The number of rotatable bonds is 4. The molecule has 0 fully saturated rings. The Morgan fingerprint density at radius 3 is 2.53 bits per heavy atom. The van der Waals surface area contributed by atoms with Crippen molar-refractivity contribution in [2.45, 2.75) is 6.42 Å². The van der Waals surface area contributed by atoms with Gasteiger partial charge in [0, 0.05) is 12.0 Å². The molecular weight excluding hydrogens is 240 g/mol. The van der Waals surface area contributed by atoms with Gasteiger partial charge in [-0.25, -0.2) is 4.79 Å². The molecule has 0 aromatic heterocycles. The van der Waals surface area contributed by atoms with E-state index in [1.54, 1.807) is 24.5 Å². The van der Waals surface area contributed by atoms with Crippen LogP contribution in [-0.2, 0) is 11.2 Å². The zero-order valence-corrected chi connectivity index (χ0v) is 10.0. The summed E-state index contributed by atoms with van der Waals surface area (Å²) in [4.78, 5) is 13.7. The molecule has 4 nitrogen and oxygen atoms in total. The molecule has 0 aliphatic heterocycles. The van der Waals surface area contributed by atoms with E-state index < -0.39 is 0 Å². The lowest BCUT2D eigenvalue weighted by atomic mass is 10.0. The molecule has 0 saturated carbocycles. The highest BCUT2D eigenvalue weighted by Crippen LogP contribution is 2.22. The maximum Gasteiger partial charge on any atom is 0.292 e. The molecule has 0 amide bonds. The maximum absolute atomic E-state index is 10.1. The molecule has 0 aliphatic carbocycles. The highest BCUT2D eigenvalue weighted by Gasteiger charge is 2.04. The van der Waals surface area contributed by atoms with Gasteiger partial charge >= 0.3 is 0 Å². The molecule has 2 aromatic rings. The van der Waals surface area contributed by atoms with Crippen molar-refractivity contribution in [2.24, 2.45) is 4.99 Å². The van der Waals surface area contributed by atoms with Gasteiger partial charge in [0.15, 0.2) is 0 Å². The van der Waals surface area contributed by atoms with Gasteiger partial charge in [0.2, 0.25) is 6.08 Å². The van der Waals surface area contributed by atoms with Gasteiger partial charge in [-0.2, -0.15) is 4.99 Å². The summed E-state index contributed by atoms with van der Waals surface area (Å²) in [6.07, 6.45) is 3.82. The van der Waals surface area contributed by atoms with E-state index in [4.69, 9.17) is 10.00 Å². The zero-order chi connectivity index (χ0) is 13.5. The smallest absolute Gasteiger partial charge is 0.292 e. The molecule has 2 aromatic carbocycles. The number of nitriles is 1. The van der Waals surface area contributed by atoms with Crippen LogP contribution < -0.4 is 4.74 Å². The standard InChI is InChI=1S/C15H10N2O2/c16-10-19-15-4-2-1-3-13(15)9-12-5-7-14(8-6-12)17-11-18/h1-8H,9H2. The Kier molecular flexibility index (Phi) is 4.07. The van der Waals surface area contributed by atoms with Crippen molar-refractivity contribution < 1.29 is 9.53 Å². The van der Waals surface area contributed by atoms with Crippen molar-refractivity contribution in [2.75, 3.05) is 0 Å². The highest BCUT2D eigenvalue weighted by atomic mass is 16.5. The molecule has 4 heteroatoms. The Balaban J connectivity index is 2.21. The van der Waals surface area contributed by atoms with E-state index >= 15 is 0 Å². The Morgan fingerprint density at radius 2 is 1.84 bits per heavy atom. The summed E-state index contributed by atoms with van der Waals surface area (Å²) >= 11 is 0. The van der Waals surface area contributed by atoms with Crippen molar-refractivity contribution in [1.82, 2.24) is 0 Å². The summed E-state index contributed by atoms with van der Waals surface area (Å²) < 4.78 is 4.91. The van der Waals surface area contributed by atoms with Gasteiger partial charge in [0.25, 0.3) is 6.26 Å². The minimum absolute atomic E-state index is 0.556. The minimum Gasteiger partial charge on any atom is -0.388 e. The zero-order valence-electron chi connectivity index (χ0n) is 10.0. The van der Waals surface area contributed by atoms with E-state index in [1.807, 2.05) is 30.3 Å². The first-order chi connectivity index (χ1) is 9.33. The van der Waals surface area contributed by atoms with E-state index in [9.17, 15) is 4.79 Å². The maximum atomic E-state index is 10.1. The number of carbonyl (C=O) groups excluding carboxylic acids is 1. The number of aliphatic imine (C=N–C) groups is 1. The fraction of sp³-hybridized carbons (Fsp3) is 0.0667. The fourth-order valence-electron chi connectivity index (χ4n) is 1.76. The second kappa shape index (κ2) is 6.15. The monoisotopic (exact) mass is 250 g/mol. The Labute approximate surface area is 110 Å². The van der Waals surface area contributed by atoms with Crippen molar-refractivity contribution in [3.63, 3.8) is 0 Å². The van der Waals surface area contributed by atoms with Crippen LogP contribution >= 0.6 is 0 Å². The molecular formula is C15H10N2O2. The second-order valence-electron chi connectivity index (χ2n) is 3.85. The topological polar surface area (TPSA) is 62.4 Å². The third kappa shape index (κ3) is 3.29. The second-order valence-corrected chi connectivity index (χ2v) is 3.85. The molecule has 0 saturated heterocycles. The summed E-state index contributed by atoms with van der Waals surface area (Å²) in [7, 11) is 0. The van der Waals surface area contributed by atoms with Crippen molar-refractivity contribution in [1.29, 1.82) is 5.26 Å². The van der Waals surface area contributed by atoms with Crippen molar-refractivity contribution in [3.8, 4) is 12.0 Å². The number of nitrogens with zero attached hydrogens (tertiary/aromatic N) is 2. The normalized spacial score (nSPS) is 9.21. The average Bonchev–Trinajstić information content (AvgIpc) is 2.44. The summed E-state index contributed by atoms with van der Waals surface area (Å²) in [6.45, 7) is 0. The largest absolute Gasteiger partial charge is 0.388 e. The molecule has 0 radical (unpaired) electrons. The third-order valence-corrected chi connectivity index (χ3v) is 2.63. The number of para-hydroxylation sites is 1. The van der Waals surface area contributed by atoms with Gasteiger partial charge in [-0.1, -0.05) is 30.3 Å². The van der Waals surface area contributed by atoms with Crippen LogP contribution in [0, 0.1) is 11.5 Å². The molecule has 19 heavy (non-hydrogen) atoms. The number of benzene rings is 2. The molecule has 2 rings (SSSR count). The molecule has 0 heterocycles. The van der Waals surface area contributed by atoms with Gasteiger partial charge < -0.3 is 4.74 Å². The number of isocyanates is 1. The highest BCUT2D eigenvalue weighted by molar-refractivity contribution is 5.49. The van der Waals surface area contributed by atoms with Gasteiger partial charge in [-0.15, -0.1) is 5.26 Å². The van der Waals surface area contributed by atoms with Crippen LogP contribution in [0.3, 0.4) is 0 Å². The number of hydrogen-bond donors (Lipinski definition) is 0. The predicted octanol–water partition coefficient (Wildman–Crippen LogP) is 3.10. The molecule has 0 atom stereocenters. The lowest BCUT2D eigenvalue weighted by Gasteiger charge is -2.06. The van der Waals surface area contributed by atoms with Gasteiger partial charge in [-0.3, -0.25) is 0 Å². The molecule has 0 unspecified atom stereocenters. The predicted molar refractivity (Wildman–Crippen MR) is 69.7 cm³/mol. The molecule has 0 bridgehead atoms. The van der Waals surface area contributed by atoms with Crippen molar-refractivity contribution in [3.05, 3.63) is 59.7 Å². The van der Waals surface area contributed by atoms with Gasteiger partial charge in [0.1, 0.15) is 5.75 Å². The molecule has 0 aliphatic rings. The van der Waals surface area contributed by atoms with E-state index in [0.717, 1.165) is 11.1 Å². The number of hydrogen-bond acceptors (Lipinski definition) is 4. The van der Waals surface area contributed by atoms with Crippen molar-refractivity contribution >= 4 is 11.8 Å².